The molecule has 0 N–H and O–H groups in total. The number of fused-ring (bicyclic) bond motifs is 7. The van der Waals surface area contributed by atoms with E-state index in [9.17, 15) is 0 Å². The monoisotopic (exact) mass is 434 g/mol. The molecule has 0 aliphatic carbocycles. The number of pyridine rings is 2. The van der Waals surface area contributed by atoms with Crippen LogP contribution < -0.4 is 0 Å². The molecular formula is C26H14N2OS2. The molecule has 0 atom stereocenters. The fourth-order valence-corrected chi connectivity index (χ4v) is 6.42. The first-order valence-electron chi connectivity index (χ1n) is 9.96. The lowest BCUT2D eigenvalue weighted by atomic mass is 9.98. The van der Waals surface area contributed by atoms with Crippen molar-refractivity contribution >= 4 is 64.8 Å². The molecular weight excluding hydrogens is 420 g/mol. The summed E-state index contributed by atoms with van der Waals surface area (Å²) in [4.78, 5) is 8.65. The van der Waals surface area contributed by atoms with Crippen LogP contribution in [-0.4, -0.2) is 9.97 Å². The summed E-state index contributed by atoms with van der Waals surface area (Å²) in [6.45, 7) is 0. The SMILES string of the molecule is c1cncc(-c2cc3oc4cc(-c5cccnc5)c5ccsc5c4c3c3sccc23)c1. The highest BCUT2D eigenvalue weighted by Gasteiger charge is 2.20. The lowest BCUT2D eigenvalue weighted by Crippen LogP contribution is -1.82. The molecule has 5 heteroatoms. The van der Waals surface area contributed by atoms with Crippen molar-refractivity contribution in [1.29, 1.82) is 0 Å². The number of furan rings is 1. The predicted octanol–water partition coefficient (Wildman–Crippen LogP) is 8.14. The standard InChI is InChI=1S/C26H14N2OS2/c1-3-15(13-27-7-1)19-11-21-23(25-17(19)5-9-30-25)24-22(29-21)12-20(16-4-2-8-28-14-16)18-6-10-31-26(18)24/h1-14H. The minimum Gasteiger partial charge on any atom is -0.456 e. The molecule has 5 aromatic heterocycles. The van der Waals surface area contributed by atoms with E-state index in [0.29, 0.717) is 0 Å². The second-order valence-corrected chi connectivity index (χ2v) is 9.34. The molecule has 0 radical (unpaired) electrons. The average molecular weight is 435 g/mol. The van der Waals surface area contributed by atoms with Gasteiger partial charge < -0.3 is 4.42 Å². The van der Waals surface area contributed by atoms with Crippen LogP contribution in [0.3, 0.4) is 0 Å². The van der Waals surface area contributed by atoms with Gasteiger partial charge in [-0.15, -0.1) is 22.7 Å². The molecule has 0 amide bonds. The van der Waals surface area contributed by atoms with Crippen LogP contribution >= 0.6 is 22.7 Å². The summed E-state index contributed by atoms with van der Waals surface area (Å²) in [6, 6.07) is 16.9. The van der Waals surface area contributed by atoms with Crippen molar-refractivity contribution in [3.63, 3.8) is 0 Å². The summed E-state index contributed by atoms with van der Waals surface area (Å²) < 4.78 is 9.03. The molecule has 3 nitrogen and oxygen atoms in total. The highest BCUT2D eigenvalue weighted by Crippen LogP contribution is 2.47. The Kier molecular flexibility index (Phi) is 3.59. The Labute approximate surface area is 185 Å². The van der Waals surface area contributed by atoms with Gasteiger partial charge in [0.2, 0.25) is 0 Å². The van der Waals surface area contributed by atoms with E-state index in [1.807, 2.05) is 36.9 Å². The normalized spacial score (nSPS) is 11.9. The van der Waals surface area contributed by atoms with Crippen LogP contribution in [0.4, 0.5) is 0 Å². The molecule has 2 aromatic carbocycles. The number of hydrogen-bond donors (Lipinski definition) is 0. The van der Waals surface area contributed by atoms with Gasteiger partial charge in [-0.2, -0.15) is 0 Å². The zero-order valence-corrected chi connectivity index (χ0v) is 17.8. The van der Waals surface area contributed by atoms with E-state index < -0.39 is 0 Å². The van der Waals surface area contributed by atoms with Gasteiger partial charge in [-0.05, 0) is 58.3 Å². The smallest absolute Gasteiger partial charge is 0.137 e. The van der Waals surface area contributed by atoms with Gasteiger partial charge in [-0.3, -0.25) is 9.97 Å². The van der Waals surface area contributed by atoms with Gasteiger partial charge >= 0.3 is 0 Å². The third-order valence-electron chi connectivity index (χ3n) is 5.82. The van der Waals surface area contributed by atoms with E-state index in [2.05, 4.69) is 57.1 Å². The van der Waals surface area contributed by atoms with E-state index in [4.69, 9.17) is 4.42 Å². The van der Waals surface area contributed by atoms with Crippen molar-refractivity contribution in [2.24, 2.45) is 0 Å². The van der Waals surface area contributed by atoms with Crippen molar-refractivity contribution in [1.82, 2.24) is 9.97 Å². The second kappa shape index (κ2) is 6.48. The molecule has 0 fully saturated rings. The van der Waals surface area contributed by atoms with E-state index in [1.54, 1.807) is 22.7 Å². The maximum Gasteiger partial charge on any atom is 0.137 e. The summed E-state index contributed by atoms with van der Waals surface area (Å²) in [5, 5.41) is 9.23. The number of nitrogens with zero attached hydrogens (tertiary/aromatic N) is 2. The van der Waals surface area contributed by atoms with E-state index in [1.165, 1.54) is 30.9 Å². The Morgan fingerprint density at radius 3 is 1.61 bits per heavy atom. The van der Waals surface area contributed by atoms with Crippen LogP contribution in [0.1, 0.15) is 0 Å². The Hall–Kier alpha value is -3.54. The van der Waals surface area contributed by atoms with E-state index in [0.717, 1.165) is 33.4 Å². The van der Waals surface area contributed by atoms with Gasteiger partial charge in [0.1, 0.15) is 11.2 Å². The number of aromatic nitrogens is 2. The Bertz CT molecular complexity index is 1600. The quantitative estimate of drug-likeness (QED) is 0.276. The van der Waals surface area contributed by atoms with Crippen molar-refractivity contribution in [2.45, 2.75) is 0 Å². The van der Waals surface area contributed by atoms with Gasteiger partial charge in [0, 0.05) is 66.9 Å². The summed E-state index contributed by atoms with van der Waals surface area (Å²) in [5.41, 5.74) is 6.36. The molecule has 0 saturated carbocycles. The molecule has 0 saturated heterocycles. The molecule has 0 spiro atoms. The summed E-state index contributed by atoms with van der Waals surface area (Å²) in [6.07, 6.45) is 7.45. The lowest BCUT2D eigenvalue weighted by Gasteiger charge is -2.05. The maximum absolute atomic E-state index is 6.50. The van der Waals surface area contributed by atoms with Gasteiger partial charge in [0.15, 0.2) is 0 Å². The fraction of sp³-hybridized carbons (Fsp3) is 0. The summed E-state index contributed by atoms with van der Waals surface area (Å²) >= 11 is 3.54. The van der Waals surface area contributed by atoms with E-state index in [-0.39, 0.29) is 0 Å². The van der Waals surface area contributed by atoms with Gasteiger partial charge in [-0.1, -0.05) is 12.1 Å². The van der Waals surface area contributed by atoms with Crippen LogP contribution in [-0.2, 0) is 0 Å². The number of rotatable bonds is 2. The van der Waals surface area contributed by atoms with Crippen molar-refractivity contribution < 1.29 is 4.42 Å². The predicted molar refractivity (Wildman–Crippen MR) is 131 cm³/mol. The zero-order chi connectivity index (χ0) is 20.4. The lowest BCUT2D eigenvalue weighted by molar-refractivity contribution is 0.670. The third-order valence-corrected chi connectivity index (χ3v) is 7.69. The Morgan fingerprint density at radius 2 is 1.16 bits per heavy atom. The van der Waals surface area contributed by atoms with Crippen LogP contribution in [0.15, 0.2) is 88.5 Å². The average Bonchev–Trinajstić information content (AvgIpc) is 3.56. The van der Waals surface area contributed by atoms with Crippen LogP contribution in [0.2, 0.25) is 0 Å². The van der Waals surface area contributed by atoms with Crippen molar-refractivity contribution in [3.8, 4) is 22.3 Å². The summed E-state index contributed by atoms with van der Waals surface area (Å²) in [5.74, 6) is 0. The fourth-order valence-electron chi connectivity index (χ4n) is 4.49. The van der Waals surface area contributed by atoms with Gasteiger partial charge in [-0.25, -0.2) is 0 Å². The minimum atomic E-state index is 0.918. The molecule has 31 heavy (non-hydrogen) atoms. The molecule has 146 valence electrons. The zero-order valence-electron chi connectivity index (χ0n) is 16.2. The molecule has 0 aliphatic heterocycles. The second-order valence-electron chi connectivity index (χ2n) is 7.51. The highest BCUT2D eigenvalue weighted by atomic mass is 32.1. The largest absolute Gasteiger partial charge is 0.456 e. The van der Waals surface area contributed by atoms with Crippen LogP contribution in [0.5, 0.6) is 0 Å². The Balaban J connectivity index is 1.64. The molecule has 5 heterocycles. The molecule has 7 aromatic rings. The van der Waals surface area contributed by atoms with Gasteiger partial charge in [0.05, 0.1) is 0 Å². The highest BCUT2D eigenvalue weighted by molar-refractivity contribution is 7.19. The maximum atomic E-state index is 6.50. The van der Waals surface area contributed by atoms with E-state index >= 15 is 0 Å². The molecule has 7 rings (SSSR count). The van der Waals surface area contributed by atoms with Gasteiger partial charge in [0.25, 0.3) is 0 Å². The molecule has 0 bridgehead atoms. The third kappa shape index (κ3) is 2.45. The first-order valence-corrected chi connectivity index (χ1v) is 11.7. The van der Waals surface area contributed by atoms with Crippen LogP contribution in [0, 0.1) is 0 Å². The number of hydrogen-bond acceptors (Lipinski definition) is 5. The molecule has 0 aliphatic rings. The topological polar surface area (TPSA) is 38.9 Å². The van der Waals surface area contributed by atoms with Crippen molar-refractivity contribution in [3.05, 3.63) is 84.1 Å². The summed E-state index contributed by atoms with van der Waals surface area (Å²) in [7, 11) is 0. The van der Waals surface area contributed by atoms with Crippen LogP contribution in [0.25, 0.3) is 64.4 Å². The first kappa shape index (κ1) is 17.2. The Morgan fingerprint density at radius 1 is 0.645 bits per heavy atom. The number of thiophene rings is 2. The molecule has 0 unspecified atom stereocenters. The van der Waals surface area contributed by atoms with Crippen molar-refractivity contribution in [2.75, 3.05) is 0 Å². The number of benzene rings is 2. The minimum absolute atomic E-state index is 0.918. The first-order chi connectivity index (χ1) is 15.4.